The summed E-state index contributed by atoms with van der Waals surface area (Å²) in [5.74, 6) is -2.69. The second kappa shape index (κ2) is 22.4. The van der Waals surface area contributed by atoms with Crippen LogP contribution >= 0.6 is 0 Å². The van der Waals surface area contributed by atoms with Gasteiger partial charge in [-0.25, -0.2) is 43.7 Å². The molecule has 296 valence electrons. The quantitative estimate of drug-likeness (QED) is 0.0601. The molecule has 0 heterocycles. The lowest BCUT2D eigenvalue weighted by molar-refractivity contribution is -0.217. The van der Waals surface area contributed by atoms with Gasteiger partial charge in [-0.1, -0.05) is 49.7 Å². The highest BCUT2D eigenvalue weighted by Crippen LogP contribution is 2.28. The average molecular weight is 773 g/mol. The SMILES string of the molecule is CCCC(COC(=O)OOC(=O)c1ccccc1OCC)(COC(=O)OOC(=O)c1ccccc1OCC)COC(=O)OOC(=O)c1ccccc1OCC. The molecule has 0 unspecified atom stereocenters. The second-order valence-corrected chi connectivity index (χ2v) is 11.0. The zero-order chi connectivity index (χ0) is 40.1. The van der Waals surface area contributed by atoms with Crippen LogP contribution in [0.3, 0.4) is 0 Å². The fourth-order valence-electron chi connectivity index (χ4n) is 4.68. The summed E-state index contributed by atoms with van der Waals surface area (Å²) in [6.45, 7) is 5.50. The molecule has 0 saturated heterocycles. The predicted octanol–water partition coefficient (Wildman–Crippen LogP) is 6.74. The van der Waals surface area contributed by atoms with Gasteiger partial charge in [0.2, 0.25) is 0 Å². The van der Waals surface area contributed by atoms with E-state index >= 15 is 0 Å². The summed E-state index contributed by atoms with van der Waals surface area (Å²) in [7, 11) is 0. The Labute approximate surface area is 315 Å². The molecule has 0 aliphatic rings. The summed E-state index contributed by atoms with van der Waals surface area (Å²) < 4.78 is 31.5. The Balaban J connectivity index is 1.67. The van der Waals surface area contributed by atoms with Crippen molar-refractivity contribution in [2.45, 2.75) is 40.5 Å². The zero-order valence-corrected chi connectivity index (χ0v) is 30.4. The molecule has 0 atom stereocenters. The zero-order valence-electron chi connectivity index (χ0n) is 30.4. The molecule has 0 amide bonds. The Hall–Kier alpha value is -6.72. The van der Waals surface area contributed by atoms with Crippen LogP contribution in [-0.4, -0.2) is 76.0 Å². The first-order chi connectivity index (χ1) is 26.6. The first-order valence-corrected chi connectivity index (χ1v) is 16.9. The van der Waals surface area contributed by atoms with Crippen LogP contribution in [0.2, 0.25) is 0 Å². The average Bonchev–Trinajstić information content (AvgIpc) is 3.19. The molecule has 0 fully saturated rings. The lowest BCUT2D eigenvalue weighted by atomic mass is 9.86. The lowest BCUT2D eigenvalue weighted by Gasteiger charge is -2.30. The van der Waals surface area contributed by atoms with E-state index in [1.807, 2.05) is 0 Å². The highest BCUT2D eigenvalue weighted by atomic mass is 17.2. The Morgan fingerprint density at radius 2 is 0.727 bits per heavy atom. The Kier molecular flexibility index (Phi) is 17.4. The van der Waals surface area contributed by atoms with Gasteiger partial charge in [0.25, 0.3) is 0 Å². The van der Waals surface area contributed by atoms with E-state index in [0.717, 1.165) is 0 Å². The van der Waals surface area contributed by atoms with Crippen molar-refractivity contribution in [1.82, 2.24) is 0 Å². The van der Waals surface area contributed by atoms with Gasteiger partial charge < -0.3 is 28.4 Å². The summed E-state index contributed by atoms with van der Waals surface area (Å²) in [5, 5.41) is 0. The fourth-order valence-corrected chi connectivity index (χ4v) is 4.68. The molecule has 0 saturated carbocycles. The third-order valence-corrected chi connectivity index (χ3v) is 7.05. The van der Waals surface area contributed by atoms with E-state index in [0.29, 0.717) is 6.42 Å². The predicted molar refractivity (Wildman–Crippen MR) is 184 cm³/mol. The summed E-state index contributed by atoms with van der Waals surface area (Å²) >= 11 is 0. The maximum atomic E-state index is 12.5. The van der Waals surface area contributed by atoms with E-state index in [4.69, 9.17) is 28.4 Å². The topological polar surface area (TPSA) is 213 Å². The number of carbonyl (C=O) groups excluding carboxylic acids is 6. The van der Waals surface area contributed by atoms with Crippen LogP contribution in [0.15, 0.2) is 72.8 Å². The molecule has 3 aromatic carbocycles. The molecule has 18 nitrogen and oxygen atoms in total. The minimum Gasteiger partial charge on any atom is -0.493 e. The van der Waals surface area contributed by atoms with Crippen LogP contribution in [0.1, 0.15) is 71.6 Å². The van der Waals surface area contributed by atoms with Crippen LogP contribution in [0.4, 0.5) is 14.4 Å². The van der Waals surface area contributed by atoms with Gasteiger partial charge in [0.1, 0.15) is 53.8 Å². The van der Waals surface area contributed by atoms with Gasteiger partial charge in [0, 0.05) is 0 Å². The van der Waals surface area contributed by atoms with Crippen LogP contribution in [-0.2, 0) is 43.5 Å². The van der Waals surface area contributed by atoms with Gasteiger partial charge in [-0.15, -0.1) is 0 Å². The normalized spacial score (nSPS) is 10.5. The van der Waals surface area contributed by atoms with Crippen molar-refractivity contribution in [1.29, 1.82) is 0 Å². The van der Waals surface area contributed by atoms with Crippen LogP contribution in [0.5, 0.6) is 17.2 Å². The van der Waals surface area contributed by atoms with Gasteiger partial charge in [-0.3, -0.25) is 0 Å². The van der Waals surface area contributed by atoms with Gasteiger partial charge in [-0.05, 0) is 63.6 Å². The summed E-state index contributed by atoms with van der Waals surface area (Å²) in [4.78, 5) is 103. The van der Waals surface area contributed by atoms with Gasteiger partial charge in [0.15, 0.2) is 0 Å². The number of benzene rings is 3. The van der Waals surface area contributed by atoms with E-state index in [2.05, 4.69) is 29.3 Å². The van der Waals surface area contributed by atoms with Gasteiger partial charge in [0.05, 0.1) is 25.2 Å². The molecule has 0 bridgehead atoms. The third kappa shape index (κ3) is 13.6. The van der Waals surface area contributed by atoms with Crippen LogP contribution in [0, 0.1) is 5.41 Å². The molecule has 0 aliphatic carbocycles. The highest BCUT2D eigenvalue weighted by molar-refractivity contribution is 5.93. The first kappa shape index (κ1) is 42.7. The minimum atomic E-state index is -1.56. The van der Waals surface area contributed by atoms with Crippen LogP contribution < -0.4 is 14.2 Å². The number of hydrogen-bond acceptors (Lipinski definition) is 18. The standard InChI is InChI=1S/C37H40O18/c1-5-21-37(22-47-34(41)53-50-31(38)25-15-9-12-18-28(25)44-6-2,23-48-35(42)54-51-32(39)26-16-10-13-19-29(26)45-7-3)24-49-36(43)55-52-33(40)27-17-11-14-20-30(27)46-8-4/h9-20H,5-8,21-24H2,1-4H3. The molecular weight excluding hydrogens is 732 g/mol. The number of hydrogen-bond donors (Lipinski definition) is 0. The number of para-hydroxylation sites is 3. The first-order valence-electron chi connectivity index (χ1n) is 16.9. The van der Waals surface area contributed by atoms with E-state index in [9.17, 15) is 28.8 Å². The highest BCUT2D eigenvalue weighted by Gasteiger charge is 2.37. The molecule has 18 heteroatoms. The molecule has 0 aliphatic heterocycles. The molecule has 55 heavy (non-hydrogen) atoms. The molecule has 3 rings (SSSR count). The lowest BCUT2D eigenvalue weighted by Crippen LogP contribution is -2.40. The van der Waals surface area contributed by atoms with Gasteiger partial charge >= 0.3 is 36.4 Å². The Bertz CT molecular complexity index is 1560. The smallest absolute Gasteiger partial charge is 0.493 e. The maximum Gasteiger partial charge on any atom is 0.549 e. The van der Waals surface area contributed by atoms with E-state index in [1.165, 1.54) is 54.6 Å². The fraction of sp³-hybridized carbons (Fsp3) is 0.351. The Morgan fingerprint density at radius 3 is 1.00 bits per heavy atom. The van der Waals surface area contributed by atoms with Crippen molar-refractivity contribution < 1.29 is 86.5 Å². The summed E-state index contributed by atoms with van der Waals surface area (Å²) in [5.41, 5.74) is -1.68. The summed E-state index contributed by atoms with van der Waals surface area (Å²) in [6, 6.07) is 18.1. The third-order valence-electron chi connectivity index (χ3n) is 7.05. The van der Waals surface area contributed by atoms with Crippen molar-refractivity contribution in [3.05, 3.63) is 89.5 Å². The molecule has 0 aromatic heterocycles. The molecule has 0 spiro atoms. The van der Waals surface area contributed by atoms with E-state index in [-0.39, 0.29) is 60.2 Å². The maximum absolute atomic E-state index is 12.5. The van der Waals surface area contributed by atoms with E-state index < -0.39 is 61.6 Å². The van der Waals surface area contributed by atoms with Crippen LogP contribution in [0.25, 0.3) is 0 Å². The largest absolute Gasteiger partial charge is 0.549 e. The number of rotatable bonds is 17. The molecule has 0 radical (unpaired) electrons. The Morgan fingerprint density at radius 1 is 0.436 bits per heavy atom. The van der Waals surface area contributed by atoms with Crippen molar-refractivity contribution in [3.63, 3.8) is 0 Å². The van der Waals surface area contributed by atoms with Gasteiger partial charge in [-0.2, -0.15) is 14.4 Å². The second-order valence-electron chi connectivity index (χ2n) is 11.0. The molecule has 3 aromatic rings. The molecular formula is C37H40O18. The van der Waals surface area contributed by atoms with Crippen molar-refractivity contribution in [2.24, 2.45) is 5.41 Å². The summed E-state index contributed by atoms with van der Waals surface area (Å²) in [6.07, 6.45) is -4.15. The van der Waals surface area contributed by atoms with Crippen molar-refractivity contribution in [3.8, 4) is 17.2 Å². The monoisotopic (exact) mass is 772 g/mol. The number of carbonyl (C=O) groups is 6. The van der Waals surface area contributed by atoms with Crippen molar-refractivity contribution >= 4 is 36.4 Å². The number of ether oxygens (including phenoxy) is 6. The van der Waals surface area contributed by atoms with Crippen molar-refractivity contribution in [2.75, 3.05) is 39.6 Å². The molecule has 0 N–H and O–H groups in total. The minimum absolute atomic E-state index is 0.0331. The van der Waals surface area contributed by atoms with E-state index in [1.54, 1.807) is 45.9 Å².